The molecule has 0 heterocycles. The van der Waals surface area contributed by atoms with Crippen LogP contribution in [0.2, 0.25) is 0 Å². The molecule has 4 amide bonds. The fourth-order valence-electron chi connectivity index (χ4n) is 4.46. The number of amides is 4. The normalized spacial score (nSPS) is 15.3. The van der Waals surface area contributed by atoms with Crippen molar-refractivity contribution in [3.8, 4) is 0 Å². The van der Waals surface area contributed by atoms with Crippen molar-refractivity contribution in [2.75, 3.05) is 14.1 Å². The highest BCUT2D eigenvalue weighted by atomic mass is 19.1. The highest BCUT2D eigenvalue weighted by molar-refractivity contribution is 5.91. The van der Waals surface area contributed by atoms with Crippen molar-refractivity contribution in [1.29, 1.82) is 0 Å². The standard InChI is InChI=1S/C32H44F2N4O8/c1-17(2)23(29(41)35-5)37-31(43)27(45-15-19-11-7-9-13-21(19)33)25(39)26(40)28(46-16-20-12-8-10-14-22(20)34)32(44)38-24(18(3)4)30(42)36-6/h7-14,17-18,23-28,39-40H,15-16H2,1-6H3,(H,35,41)(H,36,42)(H,37,43)(H,38,44)/t23-,24-,25+,26+,27+,28+/m0/s1. The Hall–Kier alpha value is -3.98. The van der Waals surface area contributed by atoms with Crippen molar-refractivity contribution in [3.05, 3.63) is 71.3 Å². The molecule has 0 aliphatic heterocycles. The summed E-state index contributed by atoms with van der Waals surface area (Å²) in [5.41, 5.74) is 0.0355. The van der Waals surface area contributed by atoms with E-state index in [1.54, 1.807) is 27.7 Å². The minimum atomic E-state index is -2.21. The zero-order chi connectivity index (χ0) is 34.6. The fourth-order valence-corrected chi connectivity index (χ4v) is 4.46. The van der Waals surface area contributed by atoms with Gasteiger partial charge in [-0.2, -0.15) is 0 Å². The van der Waals surface area contributed by atoms with Crippen molar-refractivity contribution in [2.45, 2.75) is 77.4 Å². The van der Waals surface area contributed by atoms with Crippen LogP contribution < -0.4 is 21.3 Å². The zero-order valence-corrected chi connectivity index (χ0v) is 26.8. The highest BCUT2D eigenvalue weighted by Crippen LogP contribution is 2.19. The Kier molecular flexibility index (Phi) is 15.1. The molecule has 0 aliphatic rings. The molecule has 6 atom stereocenters. The van der Waals surface area contributed by atoms with E-state index in [1.165, 1.54) is 50.5 Å². The SMILES string of the molecule is CNC(=O)[C@@H](NC(=O)[C@H](OCc1ccccc1F)[C@H](O)[C@@H](O)[C@@H](OCc1ccccc1F)C(=O)N[C@H](C(=O)NC)C(C)C)C(C)C. The average molecular weight is 651 g/mol. The Labute approximate surface area is 267 Å². The molecule has 6 N–H and O–H groups in total. The number of halogens is 2. The summed E-state index contributed by atoms with van der Waals surface area (Å²) in [5, 5.41) is 32.5. The number of rotatable bonds is 17. The van der Waals surface area contributed by atoms with Crippen molar-refractivity contribution in [1.82, 2.24) is 21.3 Å². The van der Waals surface area contributed by atoms with Gasteiger partial charge in [0.1, 0.15) is 35.9 Å². The van der Waals surface area contributed by atoms with Crippen LogP contribution in [0.15, 0.2) is 48.5 Å². The Morgan fingerprint density at radius 1 is 0.630 bits per heavy atom. The van der Waals surface area contributed by atoms with Crippen molar-refractivity contribution < 1.29 is 47.6 Å². The molecule has 0 unspecified atom stereocenters. The summed E-state index contributed by atoms with van der Waals surface area (Å²) in [7, 11) is 2.74. The molecule has 46 heavy (non-hydrogen) atoms. The first kappa shape index (κ1) is 38.2. The number of carbonyl (C=O) groups is 4. The second-order valence-corrected chi connectivity index (χ2v) is 11.3. The van der Waals surface area contributed by atoms with Gasteiger partial charge in [-0.05, 0) is 24.0 Å². The first-order chi connectivity index (χ1) is 21.7. The lowest BCUT2D eigenvalue weighted by Gasteiger charge is -2.32. The number of benzene rings is 2. The monoisotopic (exact) mass is 650 g/mol. The Bertz CT molecular complexity index is 1230. The van der Waals surface area contributed by atoms with Crippen LogP contribution in [0, 0.1) is 23.5 Å². The summed E-state index contributed by atoms with van der Waals surface area (Å²) in [6, 6.07) is 8.85. The maximum Gasteiger partial charge on any atom is 0.252 e. The van der Waals surface area contributed by atoms with Crippen LogP contribution in [-0.4, -0.2) is 84.4 Å². The summed E-state index contributed by atoms with van der Waals surface area (Å²) in [5.74, 6) is -5.37. The largest absolute Gasteiger partial charge is 0.387 e. The van der Waals surface area contributed by atoms with Crippen LogP contribution in [0.1, 0.15) is 38.8 Å². The summed E-state index contributed by atoms with van der Waals surface area (Å²) >= 11 is 0. The predicted molar refractivity (Wildman–Crippen MR) is 164 cm³/mol. The van der Waals surface area contributed by atoms with Crippen LogP contribution in [0.25, 0.3) is 0 Å². The van der Waals surface area contributed by atoms with Crippen LogP contribution >= 0.6 is 0 Å². The molecule has 0 bridgehead atoms. The smallest absolute Gasteiger partial charge is 0.252 e. The molecule has 0 saturated carbocycles. The third kappa shape index (κ3) is 10.5. The van der Waals surface area contributed by atoms with Gasteiger partial charge in [0.05, 0.1) is 13.2 Å². The molecular formula is C32H44F2N4O8. The first-order valence-electron chi connectivity index (χ1n) is 14.8. The number of aliphatic hydroxyl groups is 2. The summed E-state index contributed by atoms with van der Waals surface area (Å²) in [6.07, 6.45) is -8.35. The quantitative estimate of drug-likeness (QED) is 0.147. The molecular weight excluding hydrogens is 606 g/mol. The number of aliphatic hydroxyl groups excluding tert-OH is 2. The number of carbonyl (C=O) groups excluding carboxylic acids is 4. The molecule has 0 fully saturated rings. The molecule has 0 saturated heterocycles. The topological polar surface area (TPSA) is 175 Å². The van der Waals surface area contributed by atoms with E-state index in [2.05, 4.69) is 21.3 Å². The Morgan fingerprint density at radius 2 is 0.957 bits per heavy atom. The molecule has 2 rings (SSSR count). The lowest BCUT2D eigenvalue weighted by molar-refractivity contribution is -0.171. The fraction of sp³-hybridized carbons (Fsp3) is 0.500. The predicted octanol–water partition coefficient (Wildman–Crippen LogP) is 0.931. The van der Waals surface area contributed by atoms with Crippen molar-refractivity contribution in [3.63, 3.8) is 0 Å². The van der Waals surface area contributed by atoms with Crippen LogP contribution in [0.3, 0.4) is 0 Å². The highest BCUT2D eigenvalue weighted by Gasteiger charge is 2.43. The number of nitrogens with one attached hydrogen (secondary N) is 4. The van der Waals surface area contributed by atoms with E-state index in [0.717, 1.165) is 12.1 Å². The van der Waals surface area contributed by atoms with E-state index in [-0.39, 0.29) is 11.1 Å². The maximum absolute atomic E-state index is 14.4. The lowest BCUT2D eigenvalue weighted by atomic mass is 9.98. The number of likely N-dealkylation sites (N-methyl/N-ethyl adjacent to an activating group) is 2. The summed E-state index contributed by atoms with van der Waals surface area (Å²) in [6.45, 7) is 5.56. The second kappa shape index (κ2) is 18.2. The third-order valence-corrected chi connectivity index (χ3v) is 7.23. The van der Waals surface area contributed by atoms with Gasteiger partial charge in [0.2, 0.25) is 11.8 Å². The van der Waals surface area contributed by atoms with Gasteiger partial charge in [-0.15, -0.1) is 0 Å². The van der Waals surface area contributed by atoms with E-state index in [9.17, 15) is 38.2 Å². The second-order valence-electron chi connectivity index (χ2n) is 11.3. The summed E-state index contributed by atoms with van der Waals surface area (Å²) < 4.78 is 40.1. The Balaban J connectivity index is 2.48. The zero-order valence-electron chi connectivity index (χ0n) is 26.8. The van der Waals surface area contributed by atoms with Gasteiger partial charge in [0, 0.05) is 25.2 Å². The van der Waals surface area contributed by atoms with Gasteiger partial charge in [-0.3, -0.25) is 19.2 Å². The minimum absolute atomic E-state index is 0.0177. The number of ether oxygens (including phenoxy) is 2. The van der Waals surface area contributed by atoms with Crippen LogP contribution in [0.4, 0.5) is 8.78 Å². The molecule has 14 heteroatoms. The molecule has 0 spiro atoms. The molecule has 2 aromatic carbocycles. The van der Waals surface area contributed by atoms with E-state index in [1.807, 2.05) is 0 Å². The van der Waals surface area contributed by atoms with Gasteiger partial charge in [0.25, 0.3) is 11.8 Å². The molecule has 12 nitrogen and oxygen atoms in total. The van der Waals surface area contributed by atoms with E-state index >= 15 is 0 Å². The third-order valence-electron chi connectivity index (χ3n) is 7.23. The van der Waals surface area contributed by atoms with Gasteiger partial charge in [0.15, 0.2) is 12.2 Å². The van der Waals surface area contributed by atoms with Gasteiger partial charge >= 0.3 is 0 Å². The van der Waals surface area contributed by atoms with Crippen molar-refractivity contribution >= 4 is 23.6 Å². The van der Waals surface area contributed by atoms with Crippen molar-refractivity contribution in [2.24, 2.45) is 11.8 Å². The molecule has 0 aromatic heterocycles. The van der Waals surface area contributed by atoms with Gasteiger partial charge in [-0.1, -0.05) is 64.1 Å². The van der Waals surface area contributed by atoms with Crippen LogP contribution in [0.5, 0.6) is 0 Å². The molecule has 0 aliphatic carbocycles. The van der Waals surface area contributed by atoms with E-state index in [0.29, 0.717) is 0 Å². The van der Waals surface area contributed by atoms with Crippen LogP contribution in [-0.2, 0) is 41.9 Å². The number of hydrogen-bond acceptors (Lipinski definition) is 8. The summed E-state index contributed by atoms with van der Waals surface area (Å²) in [4.78, 5) is 51.9. The lowest BCUT2D eigenvalue weighted by Crippen LogP contribution is -2.60. The van der Waals surface area contributed by atoms with E-state index < -0.39 is 96.8 Å². The average Bonchev–Trinajstić information content (AvgIpc) is 3.02. The first-order valence-corrected chi connectivity index (χ1v) is 14.8. The van der Waals surface area contributed by atoms with E-state index in [4.69, 9.17) is 9.47 Å². The maximum atomic E-state index is 14.4. The molecule has 0 radical (unpaired) electrons. The minimum Gasteiger partial charge on any atom is -0.387 e. The Morgan fingerprint density at radius 3 is 1.24 bits per heavy atom. The molecule has 254 valence electrons. The number of hydrogen-bond donors (Lipinski definition) is 6. The molecule has 2 aromatic rings. The van der Waals surface area contributed by atoms with Gasteiger partial charge in [-0.25, -0.2) is 8.78 Å². The van der Waals surface area contributed by atoms with Gasteiger partial charge < -0.3 is 41.0 Å².